The lowest BCUT2D eigenvalue weighted by atomic mass is 10.0. The Hall–Kier alpha value is -1.87. The van der Waals surface area contributed by atoms with Gasteiger partial charge >= 0.3 is 0 Å². The number of fused-ring (bicyclic) bond motifs is 1. The van der Waals surface area contributed by atoms with Crippen molar-refractivity contribution in [3.05, 3.63) is 64.1 Å². The van der Waals surface area contributed by atoms with E-state index in [9.17, 15) is 0 Å². The van der Waals surface area contributed by atoms with E-state index in [1.807, 2.05) is 31.3 Å². The van der Waals surface area contributed by atoms with Gasteiger partial charge in [0.05, 0.1) is 6.20 Å². The highest BCUT2D eigenvalue weighted by Crippen LogP contribution is 2.28. The smallest absolute Gasteiger partial charge is 0.160 e. The van der Waals surface area contributed by atoms with Gasteiger partial charge in [0.2, 0.25) is 0 Å². The number of hydrogen-bond donors (Lipinski definition) is 0. The molecule has 0 radical (unpaired) electrons. The van der Waals surface area contributed by atoms with Crippen LogP contribution in [0, 0.1) is 6.92 Å². The van der Waals surface area contributed by atoms with Crippen molar-refractivity contribution >= 4 is 17.2 Å². The van der Waals surface area contributed by atoms with Gasteiger partial charge in [-0.1, -0.05) is 55.8 Å². The molecule has 108 valence electrons. The van der Waals surface area contributed by atoms with Crippen LogP contribution in [0.25, 0.3) is 5.65 Å². The second-order valence-electron chi connectivity index (χ2n) is 5.62. The molecule has 0 saturated heterocycles. The maximum Gasteiger partial charge on any atom is 0.160 e. The number of hydrogen-bond acceptors (Lipinski definition) is 2. The summed E-state index contributed by atoms with van der Waals surface area (Å²) in [5.74, 6) is 0.330. The van der Waals surface area contributed by atoms with Crippen molar-refractivity contribution in [3.8, 4) is 0 Å². The second-order valence-corrected chi connectivity index (χ2v) is 5.98. The number of rotatable bonds is 3. The number of nitrogens with zero attached hydrogens (tertiary/aromatic N) is 3. The van der Waals surface area contributed by atoms with E-state index in [4.69, 9.17) is 16.6 Å². The molecule has 3 aromatic rings. The minimum Gasteiger partial charge on any atom is -0.233 e. The third-order valence-electron chi connectivity index (χ3n) is 3.70. The van der Waals surface area contributed by atoms with Gasteiger partial charge in [-0.15, -0.1) is 0 Å². The number of aromatic nitrogens is 3. The lowest BCUT2D eigenvalue weighted by Gasteiger charge is -2.12. The van der Waals surface area contributed by atoms with E-state index < -0.39 is 0 Å². The first kappa shape index (κ1) is 14.1. The molecule has 0 fully saturated rings. The van der Waals surface area contributed by atoms with Gasteiger partial charge in [0, 0.05) is 23.2 Å². The average Bonchev–Trinajstić information content (AvgIpc) is 2.83. The zero-order valence-electron chi connectivity index (χ0n) is 12.5. The van der Waals surface area contributed by atoms with Crippen LogP contribution in [0.5, 0.6) is 0 Å². The quantitative estimate of drug-likeness (QED) is 0.671. The molecule has 3 nitrogen and oxygen atoms in total. The summed E-state index contributed by atoms with van der Waals surface area (Å²) < 4.78 is 1.75. The standard InChI is InChI=1S/C17H18ClN3/c1-11(2)15-12(3)20-17-14(10-19-21(17)16(15)18)9-13-7-5-4-6-8-13/h4-8,10-11H,9H2,1-3H3. The first-order valence-electron chi connectivity index (χ1n) is 7.14. The van der Waals surface area contributed by atoms with E-state index in [-0.39, 0.29) is 0 Å². The Morgan fingerprint density at radius 1 is 1.19 bits per heavy atom. The maximum absolute atomic E-state index is 6.52. The molecule has 4 heteroatoms. The number of aryl methyl sites for hydroxylation is 1. The van der Waals surface area contributed by atoms with E-state index in [2.05, 4.69) is 31.1 Å². The fraction of sp³-hybridized carbons (Fsp3) is 0.294. The van der Waals surface area contributed by atoms with Crippen molar-refractivity contribution in [1.29, 1.82) is 0 Å². The molecule has 2 aromatic heterocycles. The first-order valence-corrected chi connectivity index (χ1v) is 7.52. The van der Waals surface area contributed by atoms with Gasteiger partial charge in [0.1, 0.15) is 5.15 Å². The molecule has 2 heterocycles. The second kappa shape index (κ2) is 5.49. The van der Waals surface area contributed by atoms with Crippen LogP contribution < -0.4 is 0 Å². The van der Waals surface area contributed by atoms with Gasteiger partial charge in [-0.2, -0.15) is 5.10 Å². The van der Waals surface area contributed by atoms with Gasteiger partial charge in [-0.3, -0.25) is 0 Å². The van der Waals surface area contributed by atoms with Crippen LogP contribution in [0.1, 0.15) is 42.1 Å². The molecule has 0 spiro atoms. The minimum absolute atomic E-state index is 0.330. The van der Waals surface area contributed by atoms with E-state index in [0.29, 0.717) is 11.1 Å². The summed E-state index contributed by atoms with van der Waals surface area (Å²) in [4.78, 5) is 4.73. The Morgan fingerprint density at radius 2 is 1.90 bits per heavy atom. The van der Waals surface area contributed by atoms with Crippen molar-refractivity contribution in [1.82, 2.24) is 14.6 Å². The summed E-state index contributed by atoms with van der Waals surface area (Å²) in [5, 5.41) is 5.09. The molecular formula is C17H18ClN3. The van der Waals surface area contributed by atoms with Gasteiger partial charge in [0.15, 0.2) is 5.65 Å². The SMILES string of the molecule is Cc1nc2c(Cc3ccccc3)cnn2c(Cl)c1C(C)C. The average molecular weight is 300 g/mol. The van der Waals surface area contributed by atoms with Crippen LogP contribution in [-0.2, 0) is 6.42 Å². The third kappa shape index (κ3) is 2.54. The van der Waals surface area contributed by atoms with E-state index in [1.54, 1.807) is 4.52 Å². The topological polar surface area (TPSA) is 30.2 Å². The monoisotopic (exact) mass is 299 g/mol. The van der Waals surface area contributed by atoms with Crippen LogP contribution in [0.3, 0.4) is 0 Å². The van der Waals surface area contributed by atoms with Crippen LogP contribution in [-0.4, -0.2) is 14.6 Å². The predicted octanol–water partition coefficient (Wildman–Crippen LogP) is 4.41. The molecule has 0 amide bonds. The summed E-state index contributed by atoms with van der Waals surface area (Å²) >= 11 is 6.52. The van der Waals surface area contributed by atoms with Crippen molar-refractivity contribution in [2.75, 3.05) is 0 Å². The molecular weight excluding hydrogens is 282 g/mol. The molecule has 0 unspecified atom stereocenters. The summed E-state index contributed by atoms with van der Waals surface area (Å²) in [7, 11) is 0. The van der Waals surface area contributed by atoms with Crippen LogP contribution in [0.2, 0.25) is 5.15 Å². The number of benzene rings is 1. The molecule has 0 aliphatic heterocycles. The molecule has 0 bridgehead atoms. The molecule has 1 aromatic carbocycles. The highest BCUT2D eigenvalue weighted by atomic mass is 35.5. The van der Waals surface area contributed by atoms with E-state index in [0.717, 1.165) is 28.9 Å². The molecule has 0 atom stereocenters. The Morgan fingerprint density at radius 3 is 2.57 bits per heavy atom. The predicted molar refractivity (Wildman–Crippen MR) is 86.1 cm³/mol. The van der Waals surface area contributed by atoms with Gasteiger partial charge in [0.25, 0.3) is 0 Å². The fourth-order valence-corrected chi connectivity index (χ4v) is 3.20. The maximum atomic E-state index is 6.52. The van der Waals surface area contributed by atoms with Crippen LogP contribution >= 0.6 is 11.6 Å². The molecule has 0 aliphatic rings. The summed E-state index contributed by atoms with van der Waals surface area (Å²) in [6, 6.07) is 10.3. The molecule has 0 N–H and O–H groups in total. The molecule has 0 saturated carbocycles. The summed E-state index contributed by atoms with van der Waals surface area (Å²) in [6.07, 6.45) is 2.68. The van der Waals surface area contributed by atoms with Crippen molar-refractivity contribution < 1.29 is 0 Å². The van der Waals surface area contributed by atoms with Crippen molar-refractivity contribution in [2.24, 2.45) is 0 Å². The van der Waals surface area contributed by atoms with Gasteiger partial charge < -0.3 is 0 Å². The third-order valence-corrected chi connectivity index (χ3v) is 4.07. The zero-order valence-corrected chi connectivity index (χ0v) is 13.2. The lowest BCUT2D eigenvalue weighted by Crippen LogP contribution is -2.04. The van der Waals surface area contributed by atoms with Gasteiger partial charge in [-0.05, 0) is 18.4 Å². The van der Waals surface area contributed by atoms with Crippen LogP contribution in [0.15, 0.2) is 36.5 Å². The van der Waals surface area contributed by atoms with Crippen LogP contribution in [0.4, 0.5) is 0 Å². The fourth-order valence-electron chi connectivity index (χ4n) is 2.72. The normalized spacial score (nSPS) is 11.5. The Kier molecular flexibility index (Phi) is 3.68. The first-order chi connectivity index (χ1) is 10.1. The lowest BCUT2D eigenvalue weighted by molar-refractivity contribution is 0.807. The molecule has 0 aliphatic carbocycles. The van der Waals surface area contributed by atoms with Crippen molar-refractivity contribution in [2.45, 2.75) is 33.1 Å². The Balaban J connectivity index is 2.11. The molecule has 3 rings (SSSR count). The highest BCUT2D eigenvalue weighted by Gasteiger charge is 2.17. The number of halogens is 1. The highest BCUT2D eigenvalue weighted by molar-refractivity contribution is 6.30. The summed E-state index contributed by atoms with van der Waals surface area (Å²) in [5.41, 5.74) is 5.25. The van der Waals surface area contributed by atoms with E-state index >= 15 is 0 Å². The molecule has 21 heavy (non-hydrogen) atoms. The largest absolute Gasteiger partial charge is 0.233 e. The Bertz CT molecular complexity index is 776. The van der Waals surface area contributed by atoms with E-state index in [1.165, 1.54) is 5.56 Å². The zero-order chi connectivity index (χ0) is 15.0. The van der Waals surface area contributed by atoms with Crippen molar-refractivity contribution in [3.63, 3.8) is 0 Å². The summed E-state index contributed by atoms with van der Waals surface area (Å²) in [6.45, 7) is 6.26. The van der Waals surface area contributed by atoms with Gasteiger partial charge in [-0.25, -0.2) is 9.50 Å². The Labute approximate surface area is 129 Å². The minimum atomic E-state index is 0.330.